The molecule has 1 aromatic carbocycles. The summed E-state index contributed by atoms with van der Waals surface area (Å²) in [5.74, 6) is 1.31. The molecule has 0 saturated carbocycles. The maximum atomic E-state index is 13.0. The summed E-state index contributed by atoms with van der Waals surface area (Å²) in [4.78, 5) is 24.6. The maximum absolute atomic E-state index is 13.0. The van der Waals surface area contributed by atoms with Crippen molar-refractivity contribution in [1.82, 2.24) is 5.01 Å². The molecular formula is C23H18N2O6. The van der Waals surface area contributed by atoms with Crippen LogP contribution in [0.5, 0.6) is 5.75 Å². The Labute approximate surface area is 176 Å². The molecule has 4 heterocycles. The minimum absolute atomic E-state index is 0.242. The molecule has 1 aliphatic heterocycles. The van der Waals surface area contributed by atoms with Gasteiger partial charge >= 0.3 is 5.63 Å². The van der Waals surface area contributed by atoms with Crippen LogP contribution in [-0.4, -0.2) is 23.2 Å². The minimum Gasteiger partial charge on any atom is -0.484 e. The van der Waals surface area contributed by atoms with Crippen molar-refractivity contribution in [2.24, 2.45) is 5.10 Å². The number of furan rings is 2. The standard InChI is InChI=1S/C23H18N2O6/c1-14-10-23(27)31-21-11-15(6-7-16(14)21)30-13-22(26)25-18(20-5-3-9-29-20)12-17(24-25)19-4-2-8-28-19/h2-11,18H,12-13H2,1H3. The first-order valence-corrected chi connectivity index (χ1v) is 9.72. The number of ether oxygens (including phenoxy) is 1. The van der Waals surface area contributed by atoms with Crippen LogP contribution in [0.15, 0.2) is 84.2 Å². The highest BCUT2D eigenvalue weighted by Gasteiger charge is 2.35. The molecule has 0 spiro atoms. The number of hydrogen-bond acceptors (Lipinski definition) is 7. The molecule has 3 aromatic heterocycles. The van der Waals surface area contributed by atoms with Gasteiger partial charge in [-0.3, -0.25) is 4.79 Å². The van der Waals surface area contributed by atoms with E-state index in [1.807, 2.05) is 6.92 Å². The Morgan fingerprint density at radius 1 is 1.16 bits per heavy atom. The average molecular weight is 418 g/mol. The Bertz CT molecular complexity index is 1320. The molecule has 4 aromatic rings. The highest BCUT2D eigenvalue weighted by atomic mass is 16.5. The number of aryl methyl sites for hydroxylation is 1. The molecule has 1 amide bonds. The van der Waals surface area contributed by atoms with E-state index in [0.29, 0.717) is 35.0 Å². The molecule has 1 unspecified atom stereocenters. The Morgan fingerprint density at radius 2 is 2.00 bits per heavy atom. The van der Waals surface area contributed by atoms with Crippen LogP contribution in [0.25, 0.3) is 11.0 Å². The second-order valence-corrected chi connectivity index (χ2v) is 7.19. The highest BCUT2D eigenvalue weighted by molar-refractivity contribution is 6.01. The molecule has 0 fully saturated rings. The summed E-state index contributed by atoms with van der Waals surface area (Å²) in [5.41, 5.74) is 1.44. The van der Waals surface area contributed by atoms with Crippen LogP contribution < -0.4 is 10.4 Å². The molecule has 156 valence electrons. The van der Waals surface area contributed by atoms with Gasteiger partial charge < -0.3 is 18.0 Å². The smallest absolute Gasteiger partial charge is 0.336 e. The number of carbonyl (C=O) groups excluding carboxylic acids is 1. The second kappa shape index (κ2) is 7.64. The van der Waals surface area contributed by atoms with Gasteiger partial charge in [-0.05, 0) is 48.9 Å². The third kappa shape index (κ3) is 3.63. The van der Waals surface area contributed by atoms with Crippen LogP contribution >= 0.6 is 0 Å². The van der Waals surface area contributed by atoms with Crippen LogP contribution in [0.1, 0.15) is 29.5 Å². The van der Waals surface area contributed by atoms with E-state index in [1.54, 1.807) is 55.0 Å². The van der Waals surface area contributed by atoms with Gasteiger partial charge in [0.15, 0.2) is 6.61 Å². The lowest BCUT2D eigenvalue weighted by Crippen LogP contribution is -2.31. The Hall–Kier alpha value is -4.07. The first kappa shape index (κ1) is 18.9. The zero-order valence-electron chi connectivity index (χ0n) is 16.6. The molecule has 0 bridgehead atoms. The van der Waals surface area contributed by atoms with Gasteiger partial charge in [-0.1, -0.05) is 0 Å². The van der Waals surface area contributed by atoms with Crippen LogP contribution in [-0.2, 0) is 4.79 Å². The normalized spacial score (nSPS) is 16.0. The molecule has 8 heteroatoms. The number of benzene rings is 1. The van der Waals surface area contributed by atoms with Gasteiger partial charge in [0.05, 0.1) is 12.5 Å². The van der Waals surface area contributed by atoms with Crippen molar-refractivity contribution in [2.75, 3.05) is 6.61 Å². The molecule has 31 heavy (non-hydrogen) atoms. The van der Waals surface area contributed by atoms with Crippen LogP contribution in [0.4, 0.5) is 0 Å². The fraction of sp³-hybridized carbons (Fsp3) is 0.174. The fourth-order valence-electron chi connectivity index (χ4n) is 3.64. The molecule has 0 radical (unpaired) electrons. The van der Waals surface area contributed by atoms with Crippen molar-refractivity contribution >= 4 is 22.6 Å². The Morgan fingerprint density at radius 3 is 2.77 bits per heavy atom. The Kier molecular flexibility index (Phi) is 4.66. The van der Waals surface area contributed by atoms with E-state index in [2.05, 4.69) is 5.10 Å². The third-order valence-corrected chi connectivity index (χ3v) is 5.13. The fourth-order valence-corrected chi connectivity index (χ4v) is 3.64. The lowest BCUT2D eigenvalue weighted by molar-refractivity contribution is -0.135. The largest absolute Gasteiger partial charge is 0.484 e. The third-order valence-electron chi connectivity index (χ3n) is 5.13. The van der Waals surface area contributed by atoms with E-state index in [9.17, 15) is 9.59 Å². The van der Waals surface area contributed by atoms with Gasteiger partial charge in [0, 0.05) is 23.9 Å². The maximum Gasteiger partial charge on any atom is 0.336 e. The average Bonchev–Trinajstić information content (AvgIpc) is 3.52. The van der Waals surface area contributed by atoms with E-state index in [0.717, 1.165) is 10.9 Å². The monoisotopic (exact) mass is 418 g/mol. The highest BCUT2D eigenvalue weighted by Crippen LogP contribution is 2.33. The summed E-state index contributed by atoms with van der Waals surface area (Å²) in [7, 11) is 0. The SMILES string of the molecule is Cc1cc(=O)oc2cc(OCC(=O)N3N=C(c4ccco4)CC3c3ccco3)ccc12. The first-order chi connectivity index (χ1) is 15.1. The van der Waals surface area contributed by atoms with Crippen molar-refractivity contribution < 1.29 is 22.8 Å². The number of carbonyl (C=O) groups is 1. The van der Waals surface area contributed by atoms with Crippen molar-refractivity contribution in [2.45, 2.75) is 19.4 Å². The van der Waals surface area contributed by atoms with Crippen LogP contribution in [0.3, 0.4) is 0 Å². The number of rotatable bonds is 5. The van der Waals surface area contributed by atoms with Crippen LogP contribution in [0, 0.1) is 6.92 Å². The Balaban J connectivity index is 1.37. The number of fused-ring (bicyclic) bond motifs is 1. The lowest BCUT2D eigenvalue weighted by atomic mass is 10.1. The number of amides is 1. The molecule has 0 N–H and O–H groups in total. The predicted molar refractivity (Wildman–Crippen MR) is 111 cm³/mol. The van der Waals surface area contributed by atoms with E-state index in [4.69, 9.17) is 18.0 Å². The number of nitrogens with zero attached hydrogens (tertiary/aromatic N) is 2. The molecule has 8 nitrogen and oxygen atoms in total. The molecule has 0 aliphatic carbocycles. The first-order valence-electron chi connectivity index (χ1n) is 9.72. The minimum atomic E-state index is -0.434. The number of hydrazone groups is 1. The van der Waals surface area contributed by atoms with Crippen molar-refractivity contribution in [3.05, 3.63) is 88.6 Å². The summed E-state index contributed by atoms with van der Waals surface area (Å²) in [6, 6.07) is 13.3. The van der Waals surface area contributed by atoms with Gasteiger partial charge in [0.1, 0.15) is 34.6 Å². The van der Waals surface area contributed by atoms with Gasteiger partial charge in [0.2, 0.25) is 0 Å². The molecule has 1 aliphatic rings. The van der Waals surface area contributed by atoms with Crippen molar-refractivity contribution in [1.29, 1.82) is 0 Å². The zero-order chi connectivity index (χ0) is 21.4. The topological polar surface area (TPSA) is 98.4 Å². The molecular weight excluding hydrogens is 400 g/mol. The predicted octanol–water partition coefficient (Wildman–Crippen LogP) is 4.04. The van der Waals surface area contributed by atoms with Gasteiger partial charge in [-0.25, -0.2) is 9.80 Å². The summed E-state index contributed by atoms with van der Waals surface area (Å²) < 4.78 is 21.9. The van der Waals surface area contributed by atoms with Gasteiger partial charge in [-0.2, -0.15) is 5.10 Å². The van der Waals surface area contributed by atoms with E-state index in [1.165, 1.54) is 11.1 Å². The van der Waals surface area contributed by atoms with Gasteiger partial charge in [0.25, 0.3) is 5.91 Å². The summed E-state index contributed by atoms with van der Waals surface area (Å²) in [5, 5.41) is 6.63. The lowest BCUT2D eigenvalue weighted by Gasteiger charge is -2.20. The molecule has 5 rings (SSSR count). The van der Waals surface area contributed by atoms with Crippen LogP contribution in [0.2, 0.25) is 0 Å². The summed E-state index contributed by atoms with van der Waals surface area (Å²) in [6.07, 6.45) is 3.59. The van der Waals surface area contributed by atoms with Gasteiger partial charge in [-0.15, -0.1) is 0 Å². The summed E-state index contributed by atoms with van der Waals surface area (Å²) in [6.45, 7) is 1.59. The second-order valence-electron chi connectivity index (χ2n) is 7.19. The van der Waals surface area contributed by atoms with E-state index < -0.39 is 5.63 Å². The zero-order valence-corrected chi connectivity index (χ0v) is 16.6. The molecule has 1 atom stereocenters. The summed E-state index contributed by atoms with van der Waals surface area (Å²) >= 11 is 0. The van der Waals surface area contributed by atoms with Crippen molar-refractivity contribution in [3.63, 3.8) is 0 Å². The quantitative estimate of drug-likeness (QED) is 0.454. The number of hydrogen-bond donors (Lipinski definition) is 0. The molecule has 0 saturated heterocycles. The van der Waals surface area contributed by atoms with Crippen molar-refractivity contribution in [3.8, 4) is 5.75 Å². The van der Waals surface area contributed by atoms with E-state index in [-0.39, 0.29) is 18.6 Å². The van der Waals surface area contributed by atoms with E-state index >= 15 is 0 Å².